The molecule has 0 aromatic carbocycles. The number of ether oxygens (including phenoxy) is 2. The molecule has 0 unspecified atom stereocenters. The van der Waals surface area contributed by atoms with Crippen molar-refractivity contribution in [3.8, 4) is 12.0 Å². The summed E-state index contributed by atoms with van der Waals surface area (Å²) in [7, 11) is 4.68. The highest BCUT2D eigenvalue weighted by Gasteiger charge is 2.17. The van der Waals surface area contributed by atoms with Crippen LogP contribution in [0.4, 0.5) is 0 Å². The second-order valence-electron chi connectivity index (χ2n) is 4.58. The van der Waals surface area contributed by atoms with Crippen LogP contribution < -0.4 is 14.8 Å². The highest BCUT2D eigenvalue weighted by atomic mass is 16.5. The Hall–Kier alpha value is -2.71. The smallest absolute Gasteiger partial charge is 0.322 e. The van der Waals surface area contributed by atoms with Gasteiger partial charge in [0.05, 0.1) is 32.0 Å². The summed E-state index contributed by atoms with van der Waals surface area (Å²) in [6.07, 6.45) is 0. The zero-order valence-corrected chi connectivity index (χ0v) is 13.2. The number of nitrogens with zero attached hydrogens (tertiary/aromatic N) is 5. The van der Waals surface area contributed by atoms with Crippen LogP contribution in [0.1, 0.15) is 27.6 Å². The lowest BCUT2D eigenvalue weighted by Gasteiger charge is -2.07. The Labute approximate surface area is 127 Å². The maximum Gasteiger partial charge on any atom is 0.322 e. The Morgan fingerprint density at radius 3 is 2.18 bits per heavy atom. The van der Waals surface area contributed by atoms with Gasteiger partial charge >= 0.3 is 12.0 Å². The molecule has 0 radical (unpaired) electrons. The molecule has 0 bridgehead atoms. The van der Waals surface area contributed by atoms with E-state index in [1.54, 1.807) is 18.7 Å². The number of aromatic nitrogens is 5. The second kappa shape index (κ2) is 6.37. The number of methoxy groups -OCH3 is 2. The SMILES string of the molecule is COc1nc(CNC(=O)c2c(C)nn(C)c2C)nc(OC)n1. The minimum Gasteiger partial charge on any atom is -0.467 e. The summed E-state index contributed by atoms with van der Waals surface area (Å²) in [5.74, 6) is 0.109. The van der Waals surface area contributed by atoms with E-state index in [0.29, 0.717) is 17.1 Å². The number of hydrogen-bond acceptors (Lipinski definition) is 7. The number of carbonyl (C=O) groups excluding carboxylic acids is 1. The number of aryl methyl sites for hydroxylation is 2. The Balaban J connectivity index is 2.14. The van der Waals surface area contributed by atoms with Crippen molar-refractivity contribution in [2.75, 3.05) is 14.2 Å². The van der Waals surface area contributed by atoms with Crippen LogP contribution in [0, 0.1) is 13.8 Å². The quantitative estimate of drug-likeness (QED) is 0.839. The molecule has 0 aliphatic heterocycles. The van der Waals surface area contributed by atoms with Crippen molar-refractivity contribution in [1.82, 2.24) is 30.0 Å². The molecule has 2 rings (SSSR count). The van der Waals surface area contributed by atoms with Crippen molar-refractivity contribution in [1.29, 1.82) is 0 Å². The maximum absolute atomic E-state index is 12.3. The zero-order chi connectivity index (χ0) is 16.3. The van der Waals surface area contributed by atoms with E-state index in [2.05, 4.69) is 25.4 Å². The molecule has 9 heteroatoms. The highest BCUT2D eigenvalue weighted by molar-refractivity contribution is 5.96. The lowest BCUT2D eigenvalue weighted by atomic mass is 10.2. The topological polar surface area (TPSA) is 104 Å². The van der Waals surface area contributed by atoms with Crippen molar-refractivity contribution in [2.45, 2.75) is 20.4 Å². The van der Waals surface area contributed by atoms with Gasteiger partial charge in [-0.2, -0.15) is 15.1 Å². The molecule has 1 N–H and O–H groups in total. The van der Waals surface area contributed by atoms with E-state index < -0.39 is 0 Å². The number of hydrogen-bond donors (Lipinski definition) is 1. The number of nitrogens with one attached hydrogen (secondary N) is 1. The van der Waals surface area contributed by atoms with Crippen LogP contribution in [0.25, 0.3) is 0 Å². The number of amides is 1. The van der Waals surface area contributed by atoms with Gasteiger partial charge in [-0.05, 0) is 13.8 Å². The summed E-state index contributed by atoms with van der Waals surface area (Å²) in [5, 5.41) is 6.97. The predicted octanol–water partition coefficient (Wildman–Crippen LogP) is 0.169. The molecule has 0 fully saturated rings. The summed E-state index contributed by atoms with van der Waals surface area (Å²) in [6.45, 7) is 3.75. The molecule has 0 atom stereocenters. The van der Waals surface area contributed by atoms with Crippen LogP contribution in [0.3, 0.4) is 0 Å². The van der Waals surface area contributed by atoms with Crippen LogP contribution in [-0.2, 0) is 13.6 Å². The highest BCUT2D eigenvalue weighted by Crippen LogP contribution is 2.12. The van der Waals surface area contributed by atoms with Gasteiger partial charge in [0.2, 0.25) is 0 Å². The molecule has 0 saturated heterocycles. The Bertz CT molecular complexity index is 675. The molecule has 1 amide bonds. The number of rotatable bonds is 5. The molecule has 0 saturated carbocycles. The van der Waals surface area contributed by atoms with E-state index in [-0.39, 0.29) is 24.5 Å². The minimum absolute atomic E-state index is 0.127. The van der Waals surface area contributed by atoms with Gasteiger partial charge in [0, 0.05) is 12.7 Å². The van der Waals surface area contributed by atoms with Gasteiger partial charge in [-0.1, -0.05) is 0 Å². The number of carbonyl (C=O) groups is 1. The van der Waals surface area contributed by atoms with Crippen LogP contribution in [0.2, 0.25) is 0 Å². The normalized spacial score (nSPS) is 10.4. The largest absolute Gasteiger partial charge is 0.467 e. The third-order valence-corrected chi connectivity index (χ3v) is 3.15. The first kappa shape index (κ1) is 15.7. The summed E-state index contributed by atoms with van der Waals surface area (Å²) < 4.78 is 11.6. The summed E-state index contributed by atoms with van der Waals surface area (Å²) in [6, 6.07) is 0.259. The van der Waals surface area contributed by atoms with Crippen molar-refractivity contribution < 1.29 is 14.3 Å². The maximum atomic E-state index is 12.3. The zero-order valence-electron chi connectivity index (χ0n) is 13.2. The van der Waals surface area contributed by atoms with Gasteiger partial charge in [-0.25, -0.2) is 0 Å². The third kappa shape index (κ3) is 3.13. The first-order valence-corrected chi connectivity index (χ1v) is 6.57. The van der Waals surface area contributed by atoms with Crippen molar-refractivity contribution >= 4 is 5.91 Å². The van der Waals surface area contributed by atoms with Crippen molar-refractivity contribution in [2.24, 2.45) is 7.05 Å². The molecule has 2 heterocycles. The van der Waals surface area contributed by atoms with Gasteiger partial charge < -0.3 is 14.8 Å². The average molecular weight is 306 g/mol. The first-order valence-electron chi connectivity index (χ1n) is 6.57. The lowest BCUT2D eigenvalue weighted by molar-refractivity contribution is 0.0948. The Kier molecular flexibility index (Phi) is 4.54. The molecule has 0 spiro atoms. The van der Waals surface area contributed by atoms with Crippen LogP contribution >= 0.6 is 0 Å². The lowest BCUT2D eigenvalue weighted by Crippen LogP contribution is -2.25. The minimum atomic E-state index is -0.235. The van der Waals surface area contributed by atoms with E-state index in [0.717, 1.165) is 5.69 Å². The standard InChI is InChI=1S/C13H18N6O3/c1-7-10(8(2)19(3)18-7)11(20)14-6-9-15-12(21-4)17-13(16-9)22-5/h6H2,1-5H3,(H,14,20). The molecule has 118 valence electrons. The Morgan fingerprint density at radius 2 is 1.73 bits per heavy atom. The monoisotopic (exact) mass is 306 g/mol. The van der Waals surface area contributed by atoms with E-state index in [9.17, 15) is 4.79 Å². The molecular formula is C13H18N6O3. The van der Waals surface area contributed by atoms with Crippen molar-refractivity contribution in [3.63, 3.8) is 0 Å². The van der Waals surface area contributed by atoms with Gasteiger partial charge in [0.25, 0.3) is 5.91 Å². The van der Waals surface area contributed by atoms with Crippen LogP contribution in [0.15, 0.2) is 0 Å². The van der Waals surface area contributed by atoms with Gasteiger partial charge in [0.15, 0.2) is 5.82 Å². The van der Waals surface area contributed by atoms with E-state index >= 15 is 0 Å². The molecular weight excluding hydrogens is 288 g/mol. The van der Waals surface area contributed by atoms with E-state index in [4.69, 9.17) is 9.47 Å². The fourth-order valence-electron chi connectivity index (χ4n) is 1.99. The molecule has 0 aliphatic rings. The van der Waals surface area contributed by atoms with Crippen molar-refractivity contribution in [3.05, 3.63) is 22.8 Å². The van der Waals surface area contributed by atoms with Gasteiger partial charge in [-0.15, -0.1) is 4.98 Å². The summed E-state index contributed by atoms with van der Waals surface area (Å²) in [5.41, 5.74) is 2.01. The van der Waals surface area contributed by atoms with E-state index in [1.807, 2.05) is 6.92 Å². The predicted molar refractivity (Wildman–Crippen MR) is 76.8 cm³/mol. The average Bonchev–Trinajstić information content (AvgIpc) is 2.77. The summed E-state index contributed by atoms with van der Waals surface area (Å²) >= 11 is 0. The molecule has 22 heavy (non-hydrogen) atoms. The molecule has 9 nitrogen and oxygen atoms in total. The molecule has 0 aliphatic carbocycles. The first-order chi connectivity index (χ1) is 10.5. The van der Waals surface area contributed by atoms with Gasteiger partial charge in [-0.3, -0.25) is 9.48 Å². The third-order valence-electron chi connectivity index (χ3n) is 3.15. The van der Waals surface area contributed by atoms with Crippen LogP contribution in [0.5, 0.6) is 12.0 Å². The summed E-state index contributed by atoms with van der Waals surface area (Å²) in [4.78, 5) is 24.3. The second-order valence-corrected chi connectivity index (χ2v) is 4.58. The fraction of sp³-hybridized carbons (Fsp3) is 0.462. The van der Waals surface area contributed by atoms with Gasteiger partial charge in [0.1, 0.15) is 0 Å². The fourth-order valence-corrected chi connectivity index (χ4v) is 1.99. The van der Waals surface area contributed by atoms with E-state index in [1.165, 1.54) is 14.2 Å². The Morgan fingerprint density at radius 1 is 1.14 bits per heavy atom. The molecule has 2 aromatic rings. The molecule has 2 aromatic heterocycles. The van der Waals surface area contributed by atoms with Crippen LogP contribution in [-0.4, -0.2) is 44.9 Å².